The molecule has 0 amide bonds. The Hall–Kier alpha value is -0.900. The number of nitrogens with zero attached hydrogens (tertiary/aromatic N) is 2. The van der Waals surface area contributed by atoms with Gasteiger partial charge in [0.25, 0.3) is 0 Å². The fourth-order valence-electron chi connectivity index (χ4n) is 2.34. The molecular weight excluding hydrogens is 190 g/mol. The molecule has 1 unspecified atom stereocenters. The van der Waals surface area contributed by atoms with E-state index in [1.165, 1.54) is 32.1 Å². The van der Waals surface area contributed by atoms with Crippen molar-refractivity contribution in [3.8, 4) is 0 Å². The van der Waals surface area contributed by atoms with Gasteiger partial charge in [-0.2, -0.15) is 4.98 Å². The van der Waals surface area contributed by atoms with E-state index in [0.717, 1.165) is 24.7 Å². The summed E-state index contributed by atoms with van der Waals surface area (Å²) in [4.78, 5) is 3.99. The Morgan fingerprint density at radius 1 is 1.53 bits per heavy atom. The molecule has 4 heteroatoms. The van der Waals surface area contributed by atoms with Crippen LogP contribution in [-0.2, 0) is 6.42 Å². The third-order valence-electron chi connectivity index (χ3n) is 3.33. The molecule has 1 aliphatic carbocycles. The summed E-state index contributed by atoms with van der Waals surface area (Å²) >= 11 is 0. The zero-order valence-electron chi connectivity index (χ0n) is 9.28. The minimum absolute atomic E-state index is 0.624. The molecule has 0 saturated heterocycles. The first-order valence-corrected chi connectivity index (χ1v) is 5.85. The van der Waals surface area contributed by atoms with E-state index in [1.54, 1.807) is 0 Å². The molecule has 1 aliphatic rings. The van der Waals surface area contributed by atoms with E-state index in [4.69, 9.17) is 0 Å². The molecule has 15 heavy (non-hydrogen) atoms. The second-order valence-corrected chi connectivity index (χ2v) is 4.38. The molecule has 1 atom stereocenters. The van der Waals surface area contributed by atoms with Gasteiger partial charge in [-0.05, 0) is 25.7 Å². The molecule has 0 aromatic carbocycles. The molecule has 2 rings (SSSR count). The van der Waals surface area contributed by atoms with Crippen LogP contribution in [0.15, 0.2) is 10.9 Å². The number of rotatable bonds is 5. The van der Waals surface area contributed by atoms with Crippen LogP contribution in [0.2, 0.25) is 0 Å². The van der Waals surface area contributed by atoms with E-state index in [2.05, 4.69) is 26.9 Å². The zero-order chi connectivity index (χ0) is 10.5. The van der Waals surface area contributed by atoms with Crippen LogP contribution in [0.1, 0.15) is 38.4 Å². The molecule has 1 heterocycles. The van der Waals surface area contributed by atoms with E-state index in [0.29, 0.717) is 6.04 Å². The van der Waals surface area contributed by atoms with Gasteiger partial charge in [0, 0.05) is 19.0 Å². The maximum absolute atomic E-state index is 4.68. The van der Waals surface area contributed by atoms with Gasteiger partial charge in [-0.25, -0.2) is 0 Å². The molecule has 1 aromatic rings. The maximum atomic E-state index is 4.68. The number of hydrogen-bond acceptors (Lipinski definition) is 4. The van der Waals surface area contributed by atoms with Gasteiger partial charge >= 0.3 is 0 Å². The van der Waals surface area contributed by atoms with E-state index < -0.39 is 0 Å². The summed E-state index contributed by atoms with van der Waals surface area (Å²) in [6.45, 7) is 3.23. The Kier molecular flexibility index (Phi) is 3.72. The lowest BCUT2D eigenvalue weighted by molar-refractivity contribution is 0.378. The van der Waals surface area contributed by atoms with E-state index >= 15 is 0 Å². The van der Waals surface area contributed by atoms with Gasteiger partial charge in [0.05, 0.1) is 0 Å². The minimum Gasteiger partial charge on any atom is -0.343 e. The van der Waals surface area contributed by atoms with E-state index in [-0.39, 0.29) is 0 Å². The Morgan fingerprint density at radius 3 is 3.00 bits per heavy atom. The van der Waals surface area contributed by atoms with Crippen molar-refractivity contribution in [3.05, 3.63) is 12.2 Å². The summed E-state index contributed by atoms with van der Waals surface area (Å²) in [6, 6.07) is 0.624. The van der Waals surface area contributed by atoms with Crippen molar-refractivity contribution in [1.82, 2.24) is 15.5 Å². The van der Waals surface area contributed by atoms with Crippen molar-refractivity contribution in [2.24, 2.45) is 5.92 Å². The molecule has 1 saturated carbocycles. The van der Waals surface area contributed by atoms with Crippen LogP contribution in [0.3, 0.4) is 0 Å². The minimum atomic E-state index is 0.624. The predicted octanol–water partition coefficient (Wildman–Crippen LogP) is 1.78. The fourth-order valence-corrected chi connectivity index (χ4v) is 2.34. The van der Waals surface area contributed by atoms with Crippen LogP contribution in [-0.4, -0.2) is 22.7 Å². The van der Waals surface area contributed by atoms with Gasteiger partial charge < -0.3 is 9.84 Å². The summed E-state index contributed by atoms with van der Waals surface area (Å²) in [7, 11) is 0. The van der Waals surface area contributed by atoms with Gasteiger partial charge in [-0.1, -0.05) is 18.0 Å². The number of nitrogens with one attached hydrogen (secondary N) is 1. The fraction of sp³-hybridized carbons (Fsp3) is 0.818. The molecule has 0 bridgehead atoms. The molecule has 1 aromatic heterocycles. The first-order chi connectivity index (χ1) is 7.36. The molecule has 1 fully saturated rings. The summed E-state index contributed by atoms with van der Waals surface area (Å²) in [6.07, 6.45) is 7.82. The summed E-state index contributed by atoms with van der Waals surface area (Å²) in [5.74, 6) is 1.66. The molecule has 4 nitrogen and oxygen atoms in total. The lowest BCUT2D eigenvalue weighted by Crippen LogP contribution is -2.33. The number of hydrogen-bond donors (Lipinski definition) is 1. The largest absolute Gasteiger partial charge is 0.343 e. The van der Waals surface area contributed by atoms with Gasteiger partial charge in [0.15, 0.2) is 5.82 Å². The highest BCUT2D eigenvalue weighted by atomic mass is 16.5. The first-order valence-electron chi connectivity index (χ1n) is 5.85. The standard InChI is InChI=1S/C11H19N3O/c1-9(10-4-2-3-5-10)12-7-6-11-13-8-15-14-11/h8-10,12H,2-7H2,1H3. The second kappa shape index (κ2) is 5.26. The normalized spacial score (nSPS) is 19.5. The molecule has 0 radical (unpaired) electrons. The summed E-state index contributed by atoms with van der Waals surface area (Å²) in [5.41, 5.74) is 0. The Balaban J connectivity index is 1.64. The SMILES string of the molecule is CC(NCCc1ncon1)C1CCCC1. The van der Waals surface area contributed by atoms with E-state index in [9.17, 15) is 0 Å². The quantitative estimate of drug-likeness (QED) is 0.803. The highest BCUT2D eigenvalue weighted by Gasteiger charge is 2.20. The smallest absolute Gasteiger partial charge is 0.213 e. The van der Waals surface area contributed by atoms with Crippen LogP contribution in [0.4, 0.5) is 0 Å². The lowest BCUT2D eigenvalue weighted by atomic mass is 10.00. The van der Waals surface area contributed by atoms with Gasteiger partial charge in [-0.3, -0.25) is 0 Å². The van der Waals surface area contributed by atoms with Crippen molar-refractivity contribution in [3.63, 3.8) is 0 Å². The Morgan fingerprint density at radius 2 is 2.33 bits per heavy atom. The van der Waals surface area contributed by atoms with Crippen molar-refractivity contribution in [1.29, 1.82) is 0 Å². The number of aromatic nitrogens is 2. The van der Waals surface area contributed by atoms with Gasteiger partial charge in [-0.15, -0.1) is 0 Å². The third-order valence-corrected chi connectivity index (χ3v) is 3.33. The van der Waals surface area contributed by atoms with E-state index in [1.807, 2.05) is 0 Å². The van der Waals surface area contributed by atoms with Crippen LogP contribution in [0.5, 0.6) is 0 Å². The Labute approximate surface area is 90.4 Å². The summed E-state index contributed by atoms with van der Waals surface area (Å²) < 4.78 is 4.68. The first kappa shape index (κ1) is 10.6. The molecular formula is C11H19N3O. The highest BCUT2D eigenvalue weighted by molar-refractivity contribution is 4.81. The molecule has 84 valence electrons. The average Bonchev–Trinajstić information content (AvgIpc) is 2.90. The predicted molar refractivity (Wildman–Crippen MR) is 57.4 cm³/mol. The monoisotopic (exact) mass is 209 g/mol. The summed E-state index contributed by atoms with van der Waals surface area (Å²) in [5, 5.41) is 7.33. The Bertz CT molecular complexity index is 267. The van der Waals surface area contributed by atoms with Crippen molar-refractivity contribution in [2.45, 2.75) is 45.1 Å². The van der Waals surface area contributed by atoms with Crippen molar-refractivity contribution < 1.29 is 4.52 Å². The molecule has 0 aliphatic heterocycles. The topological polar surface area (TPSA) is 51.0 Å². The second-order valence-electron chi connectivity index (χ2n) is 4.38. The van der Waals surface area contributed by atoms with Crippen LogP contribution >= 0.6 is 0 Å². The van der Waals surface area contributed by atoms with Crippen molar-refractivity contribution in [2.75, 3.05) is 6.54 Å². The third kappa shape index (κ3) is 3.02. The maximum Gasteiger partial charge on any atom is 0.213 e. The lowest BCUT2D eigenvalue weighted by Gasteiger charge is -2.19. The highest BCUT2D eigenvalue weighted by Crippen LogP contribution is 2.27. The molecule has 0 spiro atoms. The van der Waals surface area contributed by atoms with Gasteiger partial charge in [0.1, 0.15) is 0 Å². The molecule has 1 N–H and O–H groups in total. The van der Waals surface area contributed by atoms with Crippen LogP contribution < -0.4 is 5.32 Å². The zero-order valence-corrected chi connectivity index (χ0v) is 9.28. The van der Waals surface area contributed by atoms with Crippen molar-refractivity contribution >= 4 is 0 Å². The average molecular weight is 209 g/mol. The van der Waals surface area contributed by atoms with Crippen LogP contribution in [0, 0.1) is 5.92 Å². The van der Waals surface area contributed by atoms with Crippen LogP contribution in [0.25, 0.3) is 0 Å². The van der Waals surface area contributed by atoms with Gasteiger partial charge in [0.2, 0.25) is 6.39 Å².